The standard InChI is InChI=1S/C18H16FN5O2/c1-20-16(25)13-10-24-14(8-22-15(24)9-21-13)11-2-4-12(5-3-11)23-17(26)18(19)6-7-18/h2-5,8-10H,6-7H2,1H3,(H,20,25)(H,23,26). The van der Waals surface area contributed by atoms with E-state index in [1.165, 1.54) is 6.20 Å². The highest BCUT2D eigenvalue weighted by atomic mass is 19.1. The Balaban J connectivity index is 1.62. The number of aromatic nitrogens is 3. The lowest BCUT2D eigenvalue weighted by molar-refractivity contribution is -0.122. The largest absolute Gasteiger partial charge is 0.354 e. The highest BCUT2D eigenvalue weighted by Gasteiger charge is 2.50. The van der Waals surface area contributed by atoms with E-state index in [4.69, 9.17) is 0 Å². The molecule has 0 spiro atoms. The minimum Gasteiger partial charge on any atom is -0.354 e. The van der Waals surface area contributed by atoms with Gasteiger partial charge in [0.2, 0.25) is 0 Å². The number of carbonyl (C=O) groups excluding carboxylic acids is 2. The number of carbonyl (C=O) groups is 2. The number of imidazole rings is 1. The molecule has 1 aliphatic carbocycles. The molecule has 0 unspecified atom stereocenters. The number of rotatable bonds is 4. The first-order chi connectivity index (χ1) is 12.5. The summed E-state index contributed by atoms with van der Waals surface area (Å²) in [5, 5.41) is 5.12. The Morgan fingerprint density at radius 1 is 1.15 bits per heavy atom. The van der Waals surface area contributed by atoms with E-state index < -0.39 is 11.6 Å². The van der Waals surface area contributed by atoms with E-state index in [0.29, 0.717) is 11.3 Å². The molecular formula is C18H16FN5O2. The molecule has 2 heterocycles. The van der Waals surface area contributed by atoms with E-state index in [0.717, 1.165) is 11.3 Å². The van der Waals surface area contributed by atoms with Gasteiger partial charge in [0.25, 0.3) is 11.8 Å². The molecule has 2 aromatic heterocycles. The number of halogens is 1. The summed E-state index contributed by atoms with van der Waals surface area (Å²) in [4.78, 5) is 31.9. The summed E-state index contributed by atoms with van der Waals surface area (Å²) >= 11 is 0. The minimum absolute atomic E-state index is 0.278. The first-order valence-corrected chi connectivity index (χ1v) is 8.16. The summed E-state index contributed by atoms with van der Waals surface area (Å²) in [6, 6.07) is 7.02. The third kappa shape index (κ3) is 2.79. The van der Waals surface area contributed by atoms with Gasteiger partial charge in [-0.3, -0.25) is 14.0 Å². The quantitative estimate of drug-likeness (QED) is 0.753. The van der Waals surface area contributed by atoms with E-state index in [1.807, 2.05) is 0 Å². The van der Waals surface area contributed by atoms with Gasteiger partial charge in [-0.15, -0.1) is 0 Å². The van der Waals surface area contributed by atoms with E-state index >= 15 is 0 Å². The van der Waals surface area contributed by atoms with Crippen LogP contribution in [0.25, 0.3) is 16.9 Å². The first kappa shape index (κ1) is 16.2. The fourth-order valence-electron chi connectivity index (χ4n) is 2.65. The Bertz CT molecular complexity index is 1010. The van der Waals surface area contributed by atoms with Gasteiger partial charge in [-0.25, -0.2) is 14.4 Å². The molecular weight excluding hydrogens is 337 g/mol. The van der Waals surface area contributed by atoms with Crippen LogP contribution in [0.15, 0.2) is 42.9 Å². The Morgan fingerprint density at radius 2 is 1.88 bits per heavy atom. The van der Waals surface area contributed by atoms with Crippen LogP contribution in [0.1, 0.15) is 23.3 Å². The average molecular weight is 353 g/mol. The summed E-state index contributed by atoms with van der Waals surface area (Å²) in [6.07, 6.45) is 5.38. The van der Waals surface area contributed by atoms with Crippen molar-refractivity contribution in [1.29, 1.82) is 0 Å². The number of benzene rings is 1. The van der Waals surface area contributed by atoms with Gasteiger partial charge in [-0.2, -0.15) is 0 Å². The lowest BCUT2D eigenvalue weighted by atomic mass is 10.1. The number of alkyl halides is 1. The van der Waals surface area contributed by atoms with Crippen LogP contribution in [0.5, 0.6) is 0 Å². The van der Waals surface area contributed by atoms with Crippen molar-refractivity contribution < 1.29 is 14.0 Å². The molecule has 0 aliphatic heterocycles. The van der Waals surface area contributed by atoms with Crippen LogP contribution in [-0.4, -0.2) is 38.9 Å². The second-order valence-corrected chi connectivity index (χ2v) is 6.22. The second kappa shape index (κ2) is 5.91. The van der Waals surface area contributed by atoms with E-state index in [-0.39, 0.29) is 24.4 Å². The van der Waals surface area contributed by atoms with Crippen LogP contribution in [0.3, 0.4) is 0 Å². The molecule has 0 saturated heterocycles. The predicted octanol–water partition coefficient (Wildman–Crippen LogP) is 2.20. The maximum Gasteiger partial charge on any atom is 0.271 e. The number of nitrogens with zero attached hydrogens (tertiary/aromatic N) is 3. The fraction of sp³-hybridized carbons (Fsp3) is 0.222. The summed E-state index contributed by atoms with van der Waals surface area (Å²) in [6.45, 7) is 0. The maximum absolute atomic E-state index is 13.7. The van der Waals surface area contributed by atoms with Gasteiger partial charge in [0, 0.05) is 24.5 Å². The molecule has 4 rings (SSSR count). The summed E-state index contributed by atoms with van der Waals surface area (Å²) < 4.78 is 15.5. The van der Waals surface area contributed by atoms with Crippen LogP contribution in [0.4, 0.5) is 10.1 Å². The zero-order valence-electron chi connectivity index (χ0n) is 14.0. The molecule has 7 nitrogen and oxygen atoms in total. The van der Waals surface area contributed by atoms with Crippen molar-refractivity contribution in [3.05, 3.63) is 48.5 Å². The van der Waals surface area contributed by atoms with Gasteiger partial charge in [-0.1, -0.05) is 12.1 Å². The van der Waals surface area contributed by atoms with Crippen LogP contribution in [0.2, 0.25) is 0 Å². The molecule has 0 radical (unpaired) electrons. The summed E-state index contributed by atoms with van der Waals surface area (Å²) in [5.41, 5.74) is 1.33. The van der Waals surface area contributed by atoms with Crippen molar-refractivity contribution in [2.45, 2.75) is 18.5 Å². The van der Waals surface area contributed by atoms with Gasteiger partial charge in [0.15, 0.2) is 11.3 Å². The van der Waals surface area contributed by atoms with Crippen molar-refractivity contribution in [2.24, 2.45) is 0 Å². The zero-order valence-corrected chi connectivity index (χ0v) is 14.0. The molecule has 2 amide bonds. The number of hydrogen-bond acceptors (Lipinski definition) is 4. The lowest BCUT2D eigenvalue weighted by Crippen LogP contribution is -2.25. The first-order valence-electron chi connectivity index (χ1n) is 8.16. The van der Waals surface area contributed by atoms with Crippen molar-refractivity contribution in [1.82, 2.24) is 19.7 Å². The second-order valence-electron chi connectivity index (χ2n) is 6.22. The fourth-order valence-corrected chi connectivity index (χ4v) is 2.65. The predicted molar refractivity (Wildman–Crippen MR) is 93.5 cm³/mol. The van der Waals surface area contributed by atoms with E-state index in [1.54, 1.807) is 48.1 Å². The average Bonchev–Trinajstić information content (AvgIpc) is 3.28. The van der Waals surface area contributed by atoms with Gasteiger partial charge in [-0.05, 0) is 25.0 Å². The minimum atomic E-state index is -1.70. The topological polar surface area (TPSA) is 88.4 Å². The third-order valence-electron chi connectivity index (χ3n) is 4.39. The van der Waals surface area contributed by atoms with E-state index in [2.05, 4.69) is 20.6 Å². The number of amides is 2. The van der Waals surface area contributed by atoms with Crippen molar-refractivity contribution in [3.8, 4) is 11.3 Å². The summed E-state index contributed by atoms with van der Waals surface area (Å²) in [7, 11) is 1.54. The maximum atomic E-state index is 13.7. The molecule has 3 aromatic rings. The zero-order chi connectivity index (χ0) is 18.3. The van der Waals surface area contributed by atoms with Crippen LogP contribution < -0.4 is 10.6 Å². The third-order valence-corrected chi connectivity index (χ3v) is 4.39. The molecule has 8 heteroatoms. The monoisotopic (exact) mass is 353 g/mol. The Hall–Kier alpha value is -3.29. The Morgan fingerprint density at radius 3 is 2.54 bits per heavy atom. The smallest absolute Gasteiger partial charge is 0.271 e. The molecule has 1 fully saturated rings. The number of nitrogens with one attached hydrogen (secondary N) is 2. The highest BCUT2D eigenvalue weighted by Crippen LogP contribution is 2.40. The van der Waals surface area contributed by atoms with Crippen LogP contribution in [-0.2, 0) is 4.79 Å². The van der Waals surface area contributed by atoms with Crippen molar-refractivity contribution in [3.63, 3.8) is 0 Å². The molecule has 0 bridgehead atoms. The highest BCUT2D eigenvalue weighted by molar-refractivity contribution is 5.99. The van der Waals surface area contributed by atoms with Crippen molar-refractivity contribution >= 4 is 23.1 Å². The molecule has 2 N–H and O–H groups in total. The molecule has 1 aromatic carbocycles. The number of hydrogen-bond donors (Lipinski definition) is 2. The van der Waals surface area contributed by atoms with Crippen molar-refractivity contribution in [2.75, 3.05) is 12.4 Å². The molecule has 1 saturated carbocycles. The molecule has 0 atom stereocenters. The molecule has 1 aliphatic rings. The van der Waals surface area contributed by atoms with E-state index in [9.17, 15) is 14.0 Å². The Kier molecular flexibility index (Phi) is 3.68. The van der Waals surface area contributed by atoms with Gasteiger partial charge < -0.3 is 10.6 Å². The summed E-state index contributed by atoms with van der Waals surface area (Å²) in [5.74, 6) is -0.883. The lowest BCUT2D eigenvalue weighted by Gasteiger charge is -2.09. The van der Waals surface area contributed by atoms with Gasteiger partial charge >= 0.3 is 0 Å². The van der Waals surface area contributed by atoms with Gasteiger partial charge in [0.05, 0.1) is 18.1 Å². The van der Waals surface area contributed by atoms with Crippen LogP contribution >= 0.6 is 0 Å². The normalized spacial score (nSPS) is 14.8. The number of fused-ring (bicyclic) bond motifs is 1. The van der Waals surface area contributed by atoms with Gasteiger partial charge in [0.1, 0.15) is 5.69 Å². The molecule has 26 heavy (non-hydrogen) atoms. The van der Waals surface area contributed by atoms with Crippen LogP contribution in [0, 0.1) is 0 Å². The number of anilines is 1. The SMILES string of the molecule is CNC(=O)c1cn2c(-c3ccc(NC(=O)C4(F)CC4)cc3)cnc2cn1. The molecule has 132 valence electrons. The Labute approximate surface area is 148 Å².